The number of fused-ring (bicyclic) bond motifs is 1. The molecule has 1 aliphatic carbocycles. The average Bonchev–Trinajstić information content (AvgIpc) is 3.54. The molecule has 0 aliphatic heterocycles. The van der Waals surface area contributed by atoms with Crippen LogP contribution in [0.4, 0.5) is 0 Å². The van der Waals surface area contributed by atoms with E-state index in [1.807, 2.05) is 60.7 Å². The maximum Gasteiger partial charge on any atom is 0.335 e. The number of nitrogens with zero attached hydrogens (tertiary/aromatic N) is 1. The highest BCUT2D eigenvalue weighted by molar-refractivity contribution is 7.16. The van der Waals surface area contributed by atoms with Gasteiger partial charge in [-0.2, -0.15) is 0 Å². The van der Waals surface area contributed by atoms with Crippen LogP contribution >= 0.6 is 11.3 Å². The molecular weight excluding hydrogens is 394 g/mol. The molecular formula is C25H21NO3S. The van der Waals surface area contributed by atoms with Crippen LogP contribution in [-0.4, -0.2) is 15.6 Å². The molecule has 1 saturated carbocycles. The van der Waals surface area contributed by atoms with Gasteiger partial charge in [0, 0.05) is 0 Å². The van der Waals surface area contributed by atoms with Crippen molar-refractivity contribution in [3.05, 3.63) is 104 Å². The number of carboxylic acids is 1. The zero-order valence-electron chi connectivity index (χ0n) is 16.4. The van der Waals surface area contributed by atoms with Crippen LogP contribution < -0.4 is 4.87 Å². The van der Waals surface area contributed by atoms with E-state index in [0.29, 0.717) is 24.4 Å². The molecule has 1 N–H and O–H groups in total. The first kappa shape index (κ1) is 18.8. The summed E-state index contributed by atoms with van der Waals surface area (Å²) in [7, 11) is 0. The van der Waals surface area contributed by atoms with Gasteiger partial charge in [-0.25, -0.2) is 4.79 Å². The molecule has 4 nitrogen and oxygen atoms in total. The molecule has 1 aliphatic rings. The lowest BCUT2D eigenvalue weighted by Gasteiger charge is -2.09. The first-order valence-electron chi connectivity index (χ1n) is 10.1. The lowest BCUT2D eigenvalue weighted by atomic mass is 9.96. The second-order valence-corrected chi connectivity index (χ2v) is 8.91. The molecule has 0 unspecified atom stereocenters. The summed E-state index contributed by atoms with van der Waals surface area (Å²) < 4.78 is 2.73. The second-order valence-electron chi connectivity index (χ2n) is 7.91. The van der Waals surface area contributed by atoms with E-state index in [2.05, 4.69) is 6.07 Å². The molecule has 0 radical (unpaired) electrons. The summed E-state index contributed by atoms with van der Waals surface area (Å²) >= 11 is 1.24. The summed E-state index contributed by atoms with van der Waals surface area (Å²) in [4.78, 5) is 24.4. The molecule has 3 aromatic carbocycles. The number of thiazole rings is 1. The van der Waals surface area contributed by atoms with Crippen molar-refractivity contribution in [2.45, 2.75) is 31.7 Å². The number of carbonyl (C=O) groups is 1. The summed E-state index contributed by atoms with van der Waals surface area (Å²) in [6.07, 6.45) is 2.83. The Labute approximate surface area is 178 Å². The smallest absolute Gasteiger partial charge is 0.335 e. The van der Waals surface area contributed by atoms with Crippen LogP contribution in [0.2, 0.25) is 0 Å². The summed E-state index contributed by atoms with van der Waals surface area (Å²) in [5.41, 5.74) is 5.34. The maximum atomic E-state index is 12.6. The first-order chi connectivity index (χ1) is 14.6. The van der Waals surface area contributed by atoms with Crippen LogP contribution in [0.25, 0.3) is 10.2 Å². The summed E-state index contributed by atoms with van der Waals surface area (Å²) in [5, 5.41) is 9.68. The molecule has 0 spiro atoms. The quantitative estimate of drug-likeness (QED) is 0.466. The lowest BCUT2D eigenvalue weighted by molar-refractivity contribution is 0.0695. The molecule has 0 amide bonds. The zero-order chi connectivity index (χ0) is 20.7. The monoisotopic (exact) mass is 415 g/mol. The van der Waals surface area contributed by atoms with Gasteiger partial charge in [-0.1, -0.05) is 59.9 Å². The predicted octanol–water partition coefficient (Wildman–Crippen LogP) is 5.28. The van der Waals surface area contributed by atoms with Gasteiger partial charge in [0.1, 0.15) is 0 Å². The highest BCUT2D eigenvalue weighted by atomic mass is 32.1. The fraction of sp³-hybridized carbons (Fsp3) is 0.200. The second kappa shape index (κ2) is 7.58. The molecule has 1 fully saturated rings. The van der Waals surface area contributed by atoms with Crippen LogP contribution in [-0.2, 0) is 13.0 Å². The Balaban J connectivity index is 1.46. The minimum Gasteiger partial charge on any atom is -0.478 e. The third-order valence-corrected chi connectivity index (χ3v) is 6.67. The van der Waals surface area contributed by atoms with Gasteiger partial charge in [-0.3, -0.25) is 9.36 Å². The van der Waals surface area contributed by atoms with Crippen LogP contribution in [0, 0.1) is 0 Å². The van der Waals surface area contributed by atoms with E-state index in [4.69, 9.17) is 0 Å². The third kappa shape index (κ3) is 3.68. The number of benzene rings is 3. The van der Waals surface area contributed by atoms with Crippen LogP contribution in [0.1, 0.15) is 51.4 Å². The molecule has 0 atom stereocenters. The van der Waals surface area contributed by atoms with E-state index in [0.717, 1.165) is 45.3 Å². The van der Waals surface area contributed by atoms with Gasteiger partial charge in [0.2, 0.25) is 0 Å². The third-order valence-electron chi connectivity index (χ3n) is 5.72. The van der Waals surface area contributed by atoms with Crippen molar-refractivity contribution in [3.8, 4) is 0 Å². The lowest BCUT2D eigenvalue weighted by Crippen LogP contribution is -2.13. The van der Waals surface area contributed by atoms with E-state index < -0.39 is 5.97 Å². The number of aromatic carboxylic acids is 1. The van der Waals surface area contributed by atoms with Crippen molar-refractivity contribution in [1.29, 1.82) is 0 Å². The van der Waals surface area contributed by atoms with Crippen LogP contribution in [0.3, 0.4) is 0 Å². The molecule has 5 rings (SSSR count). The summed E-state index contributed by atoms with van der Waals surface area (Å²) in [5.74, 6) is -0.359. The van der Waals surface area contributed by atoms with Gasteiger partial charge in [-0.15, -0.1) is 0 Å². The number of hydrogen-bond acceptors (Lipinski definition) is 3. The van der Waals surface area contributed by atoms with E-state index in [-0.39, 0.29) is 4.87 Å². The number of rotatable bonds is 6. The van der Waals surface area contributed by atoms with E-state index in [9.17, 15) is 14.7 Å². The molecule has 1 aromatic heterocycles. The van der Waals surface area contributed by atoms with E-state index >= 15 is 0 Å². The first-order valence-corrected chi connectivity index (χ1v) is 10.9. The molecule has 4 aromatic rings. The van der Waals surface area contributed by atoms with Gasteiger partial charge >= 0.3 is 10.8 Å². The predicted molar refractivity (Wildman–Crippen MR) is 120 cm³/mol. The number of aromatic nitrogens is 1. The molecule has 1 heterocycles. The summed E-state index contributed by atoms with van der Waals surface area (Å²) in [6.45, 7) is 0.546. The van der Waals surface area contributed by atoms with E-state index in [1.54, 1.807) is 4.57 Å². The van der Waals surface area contributed by atoms with Gasteiger partial charge in [-0.05, 0) is 65.6 Å². The molecule has 5 heteroatoms. The SMILES string of the molecule is O=C(O)c1cc(C2CC2)ccc1Cc1ccc2c(c1)sc(=O)n2Cc1ccccc1. The Kier molecular flexibility index (Phi) is 4.75. The van der Waals surface area contributed by atoms with Gasteiger partial charge in [0.25, 0.3) is 0 Å². The van der Waals surface area contributed by atoms with E-state index in [1.165, 1.54) is 11.3 Å². The van der Waals surface area contributed by atoms with Gasteiger partial charge in [0.05, 0.1) is 22.3 Å². The number of carboxylic acid groups (broad SMARTS) is 1. The molecule has 30 heavy (non-hydrogen) atoms. The zero-order valence-corrected chi connectivity index (χ0v) is 17.2. The Morgan fingerprint density at radius 3 is 2.53 bits per heavy atom. The van der Waals surface area contributed by atoms with Gasteiger partial charge < -0.3 is 5.11 Å². The Morgan fingerprint density at radius 2 is 1.80 bits per heavy atom. The average molecular weight is 416 g/mol. The van der Waals surface area contributed by atoms with Crippen molar-refractivity contribution in [2.24, 2.45) is 0 Å². The van der Waals surface area contributed by atoms with Crippen molar-refractivity contribution in [3.63, 3.8) is 0 Å². The molecule has 150 valence electrons. The van der Waals surface area contributed by atoms with Crippen LogP contribution in [0.15, 0.2) is 71.5 Å². The van der Waals surface area contributed by atoms with Crippen molar-refractivity contribution >= 4 is 27.5 Å². The van der Waals surface area contributed by atoms with Crippen molar-refractivity contribution in [1.82, 2.24) is 4.57 Å². The Morgan fingerprint density at radius 1 is 1.00 bits per heavy atom. The Bertz CT molecular complexity index is 1300. The van der Waals surface area contributed by atoms with Gasteiger partial charge in [0.15, 0.2) is 0 Å². The fourth-order valence-electron chi connectivity index (χ4n) is 3.97. The fourth-order valence-corrected chi connectivity index (χ4v) is 4.93. The maximum absolute atomic E-state index is 12.6. The Hall–Kier alpha value is -3.18. The minimum atomic E-state index is -0.882. The molecule has 0 bridgehead atoms. The highest BCUT2D eigenvalue weighted by Gasteiger charge is 2.25. The molecule has 0 saturated heterocycles. The minimum absolute atomic E-state index is 0.0195. The van der Waals surface area contributed by atoms with Crippen molar-refractivity contribution < 1.29 is 9.90 Å². The van der Waals surface area contributed by atoms with Crippen molar-refractivity contribution in [2.75, 3.05) is 0 Å². The standard InChI is InChI=1S/C25H21NO3S/c27-24(28)21-14-19(18-7-8-18)9-10-20(21)12-17-6-11-22-23(13-17)30-25(29)26(22)15-16-4-2-1-3-5-16/h1-6,9-11,13-14,18H,7-8,12,15H2,(H,27,28). The largest absolute Gasteiger partial charge is 0.478 e. The summed E-state index contributed by atoms with van der Waals surface area (Å²) in [6, 6.07) is 21.8. The van der Waals surface area contributed by atoms with Crippen LogP contribution in [0.5, 0.6) is 0 Å². The highest BCUT2D eigenvalue weighted by Crippen LogP contribution is 2.40. The topological polar surface area (TPSA) is 59.3 Å². The normalized spacial score (nSPS) is 13.6. The number of hydrogen-bond donors (Lipinski definition) is 1.